The van der Waals surface area contributed by atoms with Crippen molar-refractivity contribution in [3.63, 3.8) is 0 Å². The summed E-state index contributed by atoms with van der Waals surface area (Å²) in [5, 5.41) is -0.00470. The van der Waals surface area contributed by atoms with Crippen LogP contribution in [-0.4, -0.2) is 29.0 Å². The Labute approximate surface area is 134 Å². The number of rotatable bonds is 4. The molecule has 8 heteroatoms. The monoisotopic (exact) mass is 333 g/mol. The van der Waals surface area contributed by atoms with Crippen LogP contribution in [0.1, 0.15) is 20.7 Å². The van der Waals surface area contributed by atoms with E-state index in [-0.39, 0.29) is 21.9 Å². The Morgan fingerprint density at radius 3 is 1.92 bits per heavy atom. The number of carbonyl (C=O) groups is 3. The number of halogens is 2. The van der Waals surface area contributed by atoms with Crippen molar-refractivity contribution in [2.45, 2.75) is 6.11 Å². The summed E-state index contributed by atoms with van der Waals surface area (Å²) in [6.45, 7) is 0. The number of hydrogen-bond acceptors (Lipinski definition) is 5. The normalized spacial score (nSPS) is 13.7. The first kappa shape index (κ1) is 15.6. The number of carbonyl (C=O) groups excluding carboxylic acids is 3. The van der Waals surface area contributed by atoms with Gasteiger partial charge in [0.2, 0.25) is 0 Å². The number of imide groups is 1. The molecule has 6 nitrogen and oxygen atoms in total. The molecule has 0 unspecified atom stereocenters. The maximum Gasteiger partial charge on any atom is 0.504 e. The molecule has 24 heavy (non-hydrogen) atoms. The summed E-state index contributed by atoms with van der Waals surface area (Å²) in [5.74, 6) is -4.46. The number of para-hydroxylation sites is 1. The summed E-state index contributed by atoms with van der Waals surface area (Å²) in [7, 11) is 0. The molecule has 2 aromatic carbocycles. The quantitative estimate of drug-likeness (QED) is 0.804. The average Bonchev–Trinajstić information content (AvgIpc) is 2.81. The van der Waals surface area contributed by atoms with Gasteiger partial charge in [0.1, 0.15) is 5.75 Å². The summed E-state index contributed by atoms with van der Waals surface area (Å²) < 4.78 is 31.9. The minimum absolute atomic E-state index is 0.00470. The van der Waals surface area contributed by atoms with E-state index in [2.05, 4.69) is 9.57 Å². The lowest BCUT2D eigenvalue weighted by Crippen LogP contribution is -2.43. The number of ether oxygens (including phenoxy) is 1. The van der Waals surface area contributed by atoms with Crippen molar-refractivity contribution in [3.05, 3.63) is 65.7 Å². The summed E-state index contributed by atoms with van der Waals surface area (Å²) in [5.41, 5.74) is -0.0785. The highest BCUT2D eigenvalue weighted by Gasteiger charge is 2.49. The van der Waals surface area contributed by atoms with Crippen LogP contribution in [0.15, 0.2) is 54.6 Å². The van der Waals surface area contributed by atoms with Gasteiger partial charge in [-0.2, -0.15) is 8.78 Å². The van der Waals surface area contributed by atoms with Gasteiger partial charge in [0.15, 0.2) is 0 Å². The number of alkyl halides is 2. The van der Waals surface area contributed by atoms with Crippen molar-refractivity contribution in [1.82, 2.24) is 5.06 Å². The van der Waals surface area contributed by atoms with Gasteiger partial charge in [-0.1, -0.05) is 35.4 Å². The lowest BCUT2D eigenvalue weighted by Gasteiger charge is -2.18. The van der Waals surface area contributed by atoms with Gasteiger partial charge in [-0.15, -0.1) is 0 Å². The molecular formula is C16H9F2NO5. The zero-order valence-electron chi connectivity index (χ0n) is 11.9. The van der Waals surface area contributed by atoms with Crippen molar-refractivity contribution in [2.24, 2.45) is 0 Å². The Bertz CT molecular complexity index is 787. The van der Waals surface area contributed by atoms with Gasteiger partial charge < -0.3 is 9.57 Å². The number of amides is 2. The average molecular weight is 333 g/mol. The maximum absolute atomic E-state index is 13.8. The Kier molecular flexibility index (Phi) is 3.72. The van der Waals surface area contributed by atoms with Crippen molar-refractivity contribution in [2.75, 3.05) is 0 Å². The molecule has 0 saturated heterocycles. The van der Waals surface area contributed by atoms with Gasteiger partial charge in [-0.05, 0) is 24.3 Å². The van der Waals surface area contributed by atoms with Crippen molar-refractivity contribution < 1.29 is 32.7 Å². The first-order valence-corrected chi connectivity index (χ1v) is 6.72. The summed E-state index contributed by atoms with van der Waals surface area (Å²) in [6.07, 6.45) is -4.38. The molecular weight excluding hydrogens is 324 g/mol. The van der Waals surface area contributed by atoms with Crippen LogP contribution < -0.4 is 4.74 Å². The van der Waals surface area contributed by atoms with Gasteiger partial charge in [-0.3, -0.25) is 9.59 Å². The third-order valence-electron chi connectivity index (χ3n) is 3.16. The van der Waals surface area contributed by atoms with Crippen LogP contribution in [0.5, 0.6) is 5.75 Å². The highest BCUT2D eigenvalue weighted by Crippen LogP contribution is 2.26. The Balaban J connectivity index is 1.75. The molecule has 0 radical (unpaired) electrons. The number of nitrogens with zero attached hydrogens (tertiary/aromatic N) is 1. The largest absolute Gasteiger partial charge is 0.504 e. The first-order valence-electron chi connectivity index (χ1n) is 6.72. The lowest BCUT2D eigenvalue weighted by molar-refractivity contribution is -0.235. The molecule has 2 aromatic rings. The van der Waals surface area contributed by atoms with Crippen LogP contribution in [0, 0.1) is 0 Å². The second-order valence-electron chi connectivity index (χ2n) is 4.76. The van der Waals surface area contributed by atoms with Gasteiger partial charge in [0.05, 0.1) is 11.1 Å². The van der Waals surface area contributed by atoms with E-state index in [1.807, 2.05) is 0 Å². The fraction of sp³-hybridized carbons (Fsp3) is 0.0625. The smallest absolute Gasteiger partial charge is 0.424 e. The minimum atomic E-state index is -4.38. The predicted octanol–water partition coefficient (Wildman–Crippen LogP) is 2.41. The molecule has 0 aliphatic carbocycles. The summed E-state index contributed by atoms with van der Waals surface area (Å²) >= 11 is 0. The van der Waals surface area contributed by atoms with Crippen LogP contribution in [0.2, 0.25) is 0 Å². The third kappa shape index (κ3) is 2.69. The van der Waals surface area contributed by atoms with E-state index < -0.39 is 23.9 Å². The third-order valence-corrected chi connectivity index (χ3v) is 3.16. The van der Waals surface area contributed by atoms with Gasteiger partial charge in [0, 0.05) is 0 Å². The fourth-order valence-electron chi connectivity index (χ4n) is 2.06. The van der Waals surface area contributed by atoms with Crippen LogP contribution in [0.3, 0.4) is 0 Å². The lowest BCUT2D eigenvalue weighted by atomic mass is 10.1. The number of benzene rings is 2. The number of hydroxylamine groups is 2. The van der Waals surface area contributed by atoms with E-state index in [4.69, 9.17) is 0 Å². The summed E-state index contributed by atoms with van der Waals surface area (Å²) in [6, 6.07) is 12.5. The van der Waals surface area contributed by atoms with Crippen LogP contribution in [0.25, 0.3) is 0 Å². The summed E-state index contributed by atoms with van der Waals surface area (Å²) in [4.78, 5) is 39.8. The molecule has 1 heterocycles. The topological polar surface area (TPSA) is 72.9 Å². The first-order chi connectivity index (χ1) is 11.4. The van der Waals surface area contributed by atoms with Crippen LogP contribution in [0.4, 0.5) is 8.78 Å². The van der Waals surface area contributed by atoms with E-state index >= 15 is 0 Å². The van der Waals surface area contributed by atoms with Crippen LogP contribution in [-0.2, 0) is 9.63 Å². The highest BCUT2D eigenvalue weighted by molar-refractivity contribution is 6.20. The zero-order valence-corrected chi connectivity index (χ0v) is 11.9. The standard InChI is InChI=1S/C16H9F2NO5/c17-16(18,23-10-6-2-1-3-7-10)15(22)24-19-13(20)11-8-4-5-9-12(11)14(19)21/h1-9H. The van der Waals surface area contributed by atoms with E-state index in [0.29, 0.717) is 0 Å². The molecule has 0 spiro atoms. The fourth-order valence-corrected chi connectivity index (χ4v) is 2.06. The van der Waals surface area contributed by atoms with Gasteiger partial charge >= 0.3 is 12.1 Å². The Morgan fingerprint density at radius 2 is 1.38 bits per heavy atom. The number of hydrogen-bond donors (Lipinski definition) is 0. The number of fused-ring (bicyclic) bond motifs is 1. The SMILES string of the molecule is O=C1c2ccccc2C(=O)N1OC(=O)C(F)(F)Oc1ccccc1. The second-order valence-corrected chi connectivity index (χ2v) is 4.76. The van der Waals surface area contributed by atoms with Gasteiger partial charge in [-0.25, -0.2) is 4.79 Å². The molecule has 122 valence electrons. The zero-order chi connectivity index (χ0) is 17.3. The second kappa shape index (κ2) is 5.73. The molecule has 0 aromatic heterocycles. The molecule has 0 fully saturated rings. The molecule has 1 aliphatic rings. The van der Waals surface area contributed by atoms with Gasteiger partial charge in [0.25, 0.3) is 11.8 Å². The molecule has 2 amide bonds. The highest BCUT2D eigenvalue weighted by atomic mass is 19.3. The van der Waals surface area contributed by atoms with E-state index in [1.54, 1.807) is 6.07 Å². The molecule has 0 bridgehead atoms. The van der Waals surface area contributed by atoms with Crippen molar-refractivity contribution in [3.8, 4) is 5.75 Å². The molecule has 3 rings (SSSR count). The van der Waals surface area contributed by atoms with Crippen LogP contribution >= 0.6 is 0 Å². The molecule has 0 N–H and O–H groups in total. The Morgan fingerprint density at radius 1 is 0.875 bits per heavy atom. The predicted molar refractivity (Wildman–Crippen MR) is 75.1 cm³/mol. The molecule has 0 atom stereocenters. The Hall–Kier alpha value is -3.29. The molecule has 1 aliphatic heterocycles. The minimum Gasteiger partial charge on any atom is -0.424 e. The van der Waals surface area contributed by atoms with Crippen molar-refractivity contribution in [1.29, 1.82) is 0 Å². The van der Waals surface area contributed by atoms with E-state index in [1.165, 1.54) is 48.5 Å². The van der Waals surface area contributed by atoms with E-state index in [9.17, 15) is 23.2 Å². The maximum atomic E-state index is 13.8. The van der Waals surface area contributed by atoms with E-state index in [0.717, 1.165) is 0 Å². The molecule has 0 saturated carbocycles. The van der Waals surface area contributed by atoms with Crippen molar-refractivity contribution >= 4 is 17.8 Å².